The molecule has 0 spiro atoms. The highest BCUT2D eigenvalue weighted by Gasteiger charge is 2.21. The lowest BCUT2D eigenvalue weighted by Crippen LogP contribution is -2.46. The number of anilines is 2. The molecular formula is C23H26N4O3S. The third-order valence-electron chi connectivity index (χ3n) is 5.30. The summed E-state index contributed by atoms with van der Waals surface area (Å²) in [6, 6.07) is 15.8. The molecule has 4 rings (SSSR count). The Morgan fingerprint density at radius 2 is 1.71 bits per heavy atom. The van der Waals surface area contributed by atoms with Crippen LogP contribution in [0.5, 0.6) is 11.5 Å². The molecule has 0 saturated carbocycles. The maximum Gasteiger partial charge on any atom is 0.271 e. The lowest BCUT2D eigenvalue weighted by atomic mass is 10.2. The first kappa shape index (κ1) is 21.0. The lowest BCUT2D eigenvalue weighted by Gasteiger charge is -2.36. The first-order valence-corrected chi connectivity index (χ1v) is 11.0. The molecule has 1 aromatic heterocycles. The fraction of sp³-hybridized carbons (Fsp3) is 0.304. The SMILES string of the molecule is COc1ccc(N2CCN(c3nc(C(=O)NCc4cccc(OC)c4)cs3)CC2)cc1. The number of hydrogen-bond acceptors (Lipinski definition) is 7. The highest BCUT2D eigenvalue weighted by molar-refractivity contribution is 7.13. The van der Waals surface area contributed by atoms with Crippen molar-refractivity contribution >= 4 is 28.1 Å². The summed E-state index contributed by atoms with van der Waals surface area (Å²) in [4.78, 5) is 21.7. The Hall–Kier alpha value is -3.26. The number of piperazine rings is 1. The number of nitrogens with one attached hydrogen (secondary N) is 1. The molecule has 2 heterocycles. The van der Waals surface area contributed by atoms with Gasteiger partial charge in [-0.25, -0.2) is 4.98 Å². The predicted molar refractivity (Wildman–Crippen MR) is 124 cm³/mol. The molecule has 1 aliphatic rings. The van der Waals surface area contributed by atoms with Crippen LogP contribution < -0.4 is 24.6 Å². The molecule has 0 atom stereocenters. The summed E-state index contributed by atoms with van der Waals surface area (Å²) in [5.74, 6) is 1.47. The van der Waals surface area contributed by atoms with Crippen LogP contribution in [0.3, 0.4) is 0 Å². The number of nitrogens with zero attached hydrogens (tertiary/aromatic N) is 3. The lowest BCUT2D eigenvalue weighted by molar-refractivity contribution is 0.0946. The van der Waals surface area contributed by atoms with Crippen LogP contribution in [0.15, 0.2) is 53.9 Å². The van der Waals surface area contributed by atoms with E-state index in [4.69, 9.17) is 9.47 Å². The van der Waals surface area contributed by atoms with Crippen LogP contribution >= 0.6 is 11.3 Å². The Kier molecular flexibility index (Phi) is 6.57. The van der Waals surface area contributed by atoms with Gasteiger partial charge in [0.25, 0.3) is 5.91 Å². The van der Waals surface area contributed by atoms with Gasteiger partial charge in [-0.15, -0.1) is 11.3 Å². The molecule has 0 bridgehead atoms. The minimum atomic E-state index is -0.165. The van der Waals surface area contributed by atoms with Gasteiger partial charge in [0.1, 0.15) is 17.2 Å². The average Bonchev–Trinajstić information content (AvgIpc) is 3.33. The van der Waals surface area contributed by atoms with Crippen LogP contribution in [0.1, 0.15) is 16.1 Å². The Morgan fingerprint density at radius 1 is 1.00 bits per heavy atom. The summed E-state index contributed by atoms with van der Waals surface area (Å²) in [6.45, 7) is 3.98. The van der Waals surface area contributed by atoms with E-state index in [1.54, 1.807) is 14.2 Å². The number of carbonyl (C=O) groups excluding carboxylic acids is 1. The van der Waals surface area contributed by atoms with Crippen LogP contribution in [-0.2, 0) is 6.54 Å². The van der Waals surface area contributed by atoms with Crippen molar-refractivity contribution in [3.05, 3.63) is 65.2 Å². The zero-order chi connectivity index (χ0) is 21.6. The Labute approximate surface area is 186 Å². The Morgan fingerprint density at radius 3 is 2.42 bits per heavy atom. The standard InChI is InChI=1S/C23H26N4O3S/c1-29-19-8-6-18(7-9-19)26-10-12-27(13-11-26)23-25-21(16-31-23)22(28)24-15-17-4-3-5-20(14-17)30-2/h3-9,14,16H,10-13,15H2,1-2H3,(H,24,28). The van der Waals surface area contributed by atoms with Gasteiger partial charge in [-0.1, -0.05) is 12.1 Å². The van der Waals surface area contributed by atoms with E-state index in [0.29, 0.717) is 12.2 Å². The monoisotopic (exact) mass is 438 g/mol. The summed E-state index contributed by atoms with van der Waals surface area (Å²) in [6.07, 6.45) is 0. The van der Waals surface area contributed by atoms with E-state index in [1.165, 1.54) is 17.0 Å². The molecule has 3 aromatic rings. The van der Waals surface area contributed by atoms with Crippen molar-refractivity contribution in [3.8, 4) is 11.5 Å². The molecule has 7 nitrogen and oxygen atoms in total. The predicted octanol–water partition coefficient (Wildman–Crippen LogP) is 3.42. The number of rotatable bonds is 7. The first-order chi connectivity index (χ1) is 15.2. The summed E-state index contributed by atoms with van der Waals surface area (Å²) in [5, 5.41) is 5.65. The topological polar surface area (TPSA) is 66.9 Å². The van der Waals surface area contributed by atoms with E-state index in [0.717, 1.165) is 48.4 Å². The maximum atomic E-state index is 12.5. The molecule has 1 amide bonds. The summed E-state index contributed by atoms with van der Waals surface area (Å²) in [7, 11) is 3.31. The molecule has 1 aliphatic heterocycles. The molecule has 162 valence electrons. The van der Waals surface area contributed by atoms with Crippen LogP contribution in [-0.4, -0.2) is 51.3 Å². The third kappa shape index (κ3) is 5.08. The molecule has 0 unspecified atom stereocenters. The van der Waals surface area contributed by atoms with Crippen molar-refractivity contribution in [2.75, 3.05) is 50.2 Å². The second-order valence-corrected chi connectivity index (χ2v) is 8.06. The first-order valence-electron chi connectivity index (χ1n) is 10.2. The molecule has 0 aliphatic carbocycles. The summed E-state index contributed by atoms with van der Waals surface area (Å²) in [5.41, 5.74) is 2.63. The molecule has 1 saturated heterocycles. The van der Waals surface area contributed by atoms with Gasteiger partial charge in [0.05, 0.1) is 14.2 Å². The van der Waals surface area contributed by atoms with E-state index in [1.807, 2.05) is 41.8 Å². The second-order valence-electron chi connectivity index (χ2n) is 7.22. The normalized spacial score (nSPS) is 13.7. The molecule has 0 radical (unpaired) electrons. The molecular weight excluding hydrogens is 412 g/mol. The fourth-order valence-corrected chi connectivity index (χ4v) is 4.38. The number of hydrogen-bond donors (Lipinski definition) is 1. The van der Waals surface area contributed by atoms with Gasteiger partial charge in [0.15, 0.2) is 5.13 Å². The molecule has 1 fully saturated rings. The van der Waals surface area contributed by atoms with Crippen molar-refractivity contribution in [3.63, 3.8) is 0 Å². The number of aromatic nitrogens is 1. The van der Waals surface area contributed by atoms with Crippen molar-refractivity contribution in [2.45, 2.75) is 6.54 Å². The minimum Gasteiger partial charge on any atom is -0.497 e. The second kappa shape index (κ2) is 9.70. The minimum absolute atomic E-state index is 0.165. The zero-order valence-corrected chi connectivity index (χ0v) is 18.5. The Balaban J connectivity index is 1.30. The van der Waals surface area contributed by atoms with Crippen molar-refractivity contribution in [1.82, 2.24) is 10.3 Å². The average molecular weight is 439 g/mol. The fourth-order valence-electron chi connectivity index (χ4n) is 3.52. The van der Waals surface area contributed by atoms with Crippen molar-refractivity contribution in [1.29, 1.82) is 0 Å². The van der Waals surface area contributed by atoms with Crippen molar-refractivity contribution in [2.24, 2.45) is 0 Å². The quantitative estimate of drug-likeness (QED) is 0.610. The molecule has 1 N–H and O–H groups in total. The summed E-state index contributed by atoms with van der Waals surface area (Å²) < 4.78 is 10.5. The maximum absolute atomic E-state index is 12.5. The van der Waals surface area contributed by atoms with E-state index < -0.39 is 0 Å². The third-order valence-corrected chi connectivity index (χ3v) is 6.20. The van der Waals surface area contributed by atoms with Crippen LogP contribution in [0.4, 0.5) is 10.8 Å². The molecule has 31 heavy (non-hydrogen) atoms. The van der Waals surface area contributed by atoms with Gasteiger partial charge < -0.3 is 24.6 Å². The largest absolute Gasteiger partial charge is 0.497 e. The van der Waals surface area contributed by atoms with Gasteiger partial charge in [-0.2, -0.15) is 0 Å². The van der Waals surface area contributed by atoms with E-state index in [2.05, 4.69) is 32.2 Å². The number of amides is 1. The number of thiazole rings is 1. The van der Waals surface area contributed by atoms with Gasteiger partial charge >= 0.3 is 0 Å². The van der Waals surface area contributed by atoms with Crippen molar-refractivity contribution < 1.29 is 14.3 Å². The van der Waals surface area contributed by atoms with Crippen LogP contribution in [0.2, 0.25) is 0 Å². The highest BCUT2D eigenvalue weighted by atomic mass is 32.1. The van der Waals surface area contributed by atoms with Gasteiger partial charge in [-0.05, 0) is 42.0 Å². The van der Waals surface area contributed by atoms with Gasteiger partial charge in [-0.3, -0.25) is 4.79 Å². The van der Waals surface area contributed by atoms with E-state index >= 15 is 0 Å². The molecule has 8 heteroatoms. The molecule has 2 aromatic carbocycles. The van der Waals surface area contributed by atoms with E-state index in [-0.39, 0.29) is 5.91 Å². The number of methoxy groups -OCH3 is 2. The van der Waals surface area contributed by atoms with Crippen LogP contribution in [0, 0.1) is 0 Å². The smallest absolute Gasteiger partial charge is 0.271 e. The Bertz CT molecular complexity index is 1010. The van der Waals surface area contributed by atoms with Crippen LogP contribution in [0.25, 0.3) is 0 Å². The van der Waals surface area contributed by atoms with Gasteiger partial charge in [0, 0.05) is 43.8 Å². The number of carbonyl (C=O) groups is 1. The summed E-state index contributed by atoms with van der Waals surface area (Å²) >= 11 is 1.51. The number of benzene rings is 2. The highest BCUT2D eigenvalue weighted by Crippen LogP contribution is 2.25. The number of ether oxygens (including phenoxy) is 2. The van der Waals surface area contributed by atoms with Gasteiger partial charge in [0.2, 0.25) is 0 Å². The van der Waals surface area contributed by atoms with E-state index in [9.17, 15) is 4.79 Å². The zero-order valence-electron chi connectivity index (χ0n) is 17.7.